The maximum absolute atomic E-state index is 7.51. The maximum Gasteiger partial charge on any atom is 0.144 e. The van der Waals surface area contributed by atoms with Gasteiger partial charge in [0, 0.05) is 10.0 Å². The van der Waals surface area contributed by atoms with Crippen molar-refractivity contribution in [1.29, 1.82) is 5.41 Å². The lowest BCUT2D eigenvalue weighted by Gasteiger charge is -2.09. The number of halogens is 1. The van der Waals surface area contributed by atoms with Gasteiger partial charge in [-0.2, -0.15) is 0 Å². The monoisotopic (exact) mass is 308 g/mol. The highest BCUT2D eigenvalue weighted by Crippen LogP contribution is 2.04. The van der Waals surface area contributed by atoms with Crippen LogP contribution in [-0.4, -0.2) is 18.2 Å². The van der Waals surface area contributed by atoms with E-state index in [0.29, 0.717) is 11.6 Å². The van der Waals surface area contributed by atoms with Crippen LogP contribution in [0.5, 0.6) is 0 Å². The largest absolute Gasteiger partial charge is 0.489 e. The summed E-state index contributed by atoms with van der Waals surface area (Å²) in [5.74, 6) is 1.22. The normalized spacial score (nSPS) is 12.9. The summed E-state index contributed by atoms with van der Waals surface area (Å²) >= 11 is 2.10. The van der Waals surface area contributed by atoms with E-state index in [2.05, 4.69) is 27.6 Å². The fourth-order valence-electron chi connectivity index (χ4n) is 0.639. The van der Waals surface area contributed by atoms with Crippen LogP contribution in [0.25, 0.3) is 0 Å². The van der Waals surface area contributed by atoms with Gasteiger partial charge in [-0.15, -0.1) is 0 Å². The quantitative estimate of drug-likeness (QED) is 0.368. The average Bonchev–Trinajstić information content (AvgIpc) is 2.10. The smallest absolute Gasteiger partial charge is 0.144 e. The summed E-state index contributed by atoms with van der Waals surface area (Å²) in [4.78, 5) is 4.01. The van der Waals surface area contributed by atoms with Gasteiger partial charge in [0.15, 0.2) is 0 Å². The van der Waals surface area contributed by atoms with Crippen molar-refractivity contribution in [3.8, 4) is 0 Å². The van der Waals surface area contributed by atoms with E-state index in [-0.39, 0.29) is 12.0 Å². The molecule has 0 radical (unpaired) electrons. The first-order valence-corrected chi connectivity index (χ1v) is 5.81. The lowest BCUT2D eigenvalue weighted by Crippen LogP contribution is -2.06. The molecule has 1 N–H and O–H groups in total. The molecule has 0 aliphatic heterocycles. The summed E-state index contributed by atoms with van der Waals surface area (Å²) in [5, 5.41) is 7.51. The third-order valence-corrected chi connectivity index (χ3v) is 1.97. The second-order valence-corrected chi connectivity index (χ2v) is 4.10. The number of hydrogen-bond donors (Lipinski definition) is 1. The van der Waals surface area contributed by atoms with Crippen LogP contribution in [0.3, 0.4) is 0 Å². The molecule has 0 heterocycles. The van der Waals surface area contributed by atoms with Crippen LogP contribution in [0.4, 0.5) is 0 Å². The zero-order chi connectivity index (χ0) is 11.1. The number of nitrogens with zero attached hydrogens (tertiary/aromatic N) is 1. The lowest BCUT2D eigenvalue weighted by molar-refractivity contribution is 0.166. The van der Waals surface area contributed by atoms with Crippen LogP contribution in [-0.2, 0) is 4.74 Å². The van der Waals surface area contributed by atoms with Crippen molar-refractivity contribution in [3.63, 3.8) is 0 Å². The van der Waals surface area contributed by atoms with Crippen LogP contribution in [0, 0.1) is 11.3 Å². The number of aliphatic imine (C=N–C) groups is 1. The van der Waals surface area contributed by atoms with Crippen molar-refractivity contribution in [2.24, 2.45) is 10.9 Å². The van der Waals surface area contributed by atoms with E-state index >= 15 is 0 Å². The predicted octanol–water partition coefficient (Wildman–Crippen LogP) is 3.39. The Bertz CT molecular complexity index is 245. The molecular weight excluding hydrogens is 291 g/mol. The molecule has 14 heavy (non-hydrogen) atoms. The molecule has 0 saturated carbocycles. The third-order valence-electron chi connectivity index (χ3n) is 1.36. The topological polar surface area (TPSA) is 45.4 Å². The van der Waals surface area contributed by atoms with Crippen LogP contribution < -0.4 is 0 Å². The fraction of sp³-hybridized carbons (Fsp3) is 0.600. The van der Waals surface area contributed by atoms with Gasteiger partial charge in [-0.1, -0.05) is 13.8 Å². The molecule has 0 fully saturated rings. The minimum Gasteiger partial charge on any atom is -0.489 e. The Kier molecular flexibility index (Phi) is 6.78. The SMILES string of the molecule is CC(C)OC(/C=N\C(=N)C(C)C)=C/I. The van der Waals surface area contributed by atoms with E-state index in [1.54, 1.807) is 6.21 Å². The van der Waals surface area contributed by atoms with E-state index in [1.165, 1.54) is 0 Å². The van der Waals surface area contributed by atoms with E-state index < -0.39 is 0 Å². The Morgan fingerprint density at radius 2 is 1.93 bits per heavy atom. The van der Waals surface area contributed by atoms with Crippen LogP contribution in [0.1, 0.15) is 27.7 Å². The summed E-state index contributed by atoms with van der Waals surface area (Å²) in [5.41, 5.74) is 0. The number of allylic oxidation sites excluding steroid dienone is 1. The first-order chi connectivity index (χ1) is 6.47. The van der Waals surface area contributed by atoms with Crippen molar-refractivity contribution >= 4 is 34.6 Å². The van der Waals surface area contributed by atoms with E-state index in [1.807, 2.05) is 31.8 Å². The van der Waals surface area contributed by atoms with E-state index in [4.69, 9.17) is 10.1 Å². The molecule has 0 saturated heterocycles. The molecule has 0 aliphatic carbocycles. The van der Waals surface area contributed by atoms with E-state index in [9.17, 15) is 0 Å². The number of ether oxygens (including phenoxy) is 1. The Morgan fingerprint density at radius 1 is 1.36 bits per heavy atom. The molecule has 0 aromatic carbocycles. The highest BCUT2D eigenvalue weighted by atomic mass is 127. The molecule has 80 valence electrons. The van der Waals surface area contributed by atoms with Crippen molar-refractivity contribution in [3.05, 3.63) is 9.84 Å². The van der Waals surface area contributed by atoms with Crippen molar-refractivity contribution < 1.29 is 4.74 Å². The molecule has 0 atom stereocenters. The first-order valence-electron chi connectivity index (χ1n) is 4.57. The van der Waals surface area contributed by atoms with Crippen molar-refractivity contribution in [2.45, 2.75) is 33.8 Å². The zero-order valence-electron chi connectivity index (χ0n) is 9.04. The molecule has 4 heteroatoms. The molecule has 0 bridgehead atoms. The number of nitrogens with one attached hydrogen (secondary N) is 1. The molecular formula is C10H17IN2O. The molecule has 0 aromatic rings. The van der Waals surface area contributed by atoms with Crippen LogP contribution >= 0.6 is 22.6 Å². The van der Waals surface area contributed by atoms with Crippen molar-refractivity contribution in [2.75, 3.05) is 0 Å². The van der Waals surface area contributed by atoms with Gasteiger partial charge in [-0.3, -0.25) is 5.41 Å². The predicted molar refractivity (Wildman–Crippen MR) is 69.4 cm³/mol. The Labute approximate surface area is 99.3 Å². The van der Waals surface area contributed by atoms with Crippen LogP contribution in [0.2, 0.25) is 0 Å². The Hall–Kier alpha value is -0.390. The lowest BCUT2D eigenvalue weighted by atomic mass is 10.2. The van der Waals surface area contributed by atoms with Crippen molar-refractivity contribution in [1.82, 2.24) is 0 Å². The second kappa shape index (κ2) is 6.98. The summed E-state index contributed by atoms with van der Waals surface area (Å²) in [6, 6.07) is 0. The molecule has 0 aliphatic rings. The van der Waals surface area contributed by atoms with Gasteiger partial charge in [0.05, 0.1) is 12.3 Å². The first kappa shape index (κ1) is 13.6. The summed E-state index contributed by atoms with van der Waals surface area (Å²) < 4.78 is 7.25. The highest BCUT2D eigenvalue weighted by molar-refractivity contribution is 14.1. The second-order valence-electron chi connectivity index (χ2n) is 3.48. The van der Waals surface area contributed by atoms with Gasteiger partial charge in [-0.25, -0.2) is 4.99 Å². The maximum atomic E-state index is 7.51. The van der Waals surface area contributed by atoms with Gasteiger partial charge in [0.25, 0.3) is 0 Å². The number of hydrogen-bond acceptors (Lipinski definition) is 2. The Balaban J connectivity index is 4.26. The molecule has 0 amide bonds. The van der Waals surface area contributed by atoms with E-state index in [0.717, 1.165) is 0 Å². The minimum atomic E-state index is 0.135. The summed E-state index contributed by atoms with van der Waals surface area (Å²) in [6.07, 6.45) is 1.73. The molecule has 3 nitrogen and oxygen atoms in total. The zero-order valence-corrected chi connectivity index (χ0v) is 11.2. The van der Waals surface area contributed by atoms with Gasteiger partial charge in [0.2, 0.25) is 0 Å². The Morgan fingerprint density at radius 3 is 2.29 bits per heavy atom. The fourth-order valence-corrected chi connectivity index (χ4v) is 0.946. The third kappa shape index (κ3) is 6.12. The standard InChI is InChI=1S/C10H17IN2O/c1-7(2)10(12)13-6-9(5-11)14-8(3)4/h5-8,12H,1-4H3/b9-5+,12-10?,13-6-. The number of amidine groups is 1. The van der Waals surface area contributed by atoms with Gasteiger partial charge in [-0.05, 0) is 36.4 Å². The van der Waals surface area contributed by atoms with Gasteiger partial charge >= 0.3 is 0 Å². The summed E-state index contributed by atoms with van der Waals surface area (Å²) in [7, 11) is 0. The molecule has 0 rings (SSSR count). The minimum absolute atomic E-state index is 0.135. The molecule has 0 aromatic heterocycles. The highest BCUT2D eigenvalue weighted by Gasteiger charge is 2.01. The summed E-state index contributed by atoms with van der Waals surface area (Å²) in [6.45, 7) is 7.80. The van der Waals surface area contributed by atoms with Gasteiger partial charge < -0.3 is 4.74 Å². The molecule has 0 unspecified atom stereocenters. The average molecular weight is 308 g/mol. The molecule has 0 spiro atoms. The number of rotatable bonds is 4. The van der Waals surface area contributed by atoms with Crippen LogP contribution in [0.15, 0.2) is 14.8 Å². The van der Waals surface area contributed by atoms with Gasteiger partial charge in [0.1, 0.15) is 11.6 Å².